The van der Waals surface area contributed by atoms with Gasteiger partial charge in [-0.3, -0.25) is 4.79 Å². The Balaban J connectivity index is 3.58. The van der Waals surface area contributed by atoms with Crippen molar-refractivity contribution < 1.29 is 4.79 Å². The smallest absolute Gasteiger partial charge is 0.230 e. The molecule has 0 aromatic carbocycles. The van der Waals surface area contributed by atoms with Crippen LogP contribution in [0.2, 0.25) is 0 Å². The number of carbonyl (C=O) groups is 1. The van der Waals surface area contributed by atoms with Crippen LogP contribution >= 0.6 is 11.8 Å². The number of hydrogen-bond acceptors (Lipinski definition) is 3. The summed E-state index contributed by atoms with van der Waals surface area (Å²) in [7, 11) is 0. The summed E-state index contributed by atoms with van der Waals surface area (Å²) >= 11 is 1.67. The molecule has 0 aliphatic rings. The minimum atomic E-state index is 0.125. The maximum absolute atomic E-state index is 11.4. The van der Waals surface area contributed by atoms with Crippen LogP contribution in [0.4, 0.5) is 0 Å². The fourth-order valence-electron chi connectivity index (χ4n) is 1.02. The average Bonchev–Trinajstić information content (AvgIpc) is 2.11. The Hall–Kier alpha value is -0.220. The molecule has 1 amide bonds. The van der Waals surface area contributed by atoms with Crippen molar-refractivity contribution in [2.75, 3.05) is 18.8 Å². The average molecular weight is 232 g/mol. The van der Waals surface area contributed by atoms with E-state index in [1.807, 2.05) is 0 Å². The van der Waals surface area contributed by atoms with Crippen LogP contribution in [0.15, 0.2) is 0 Å². The largest absolute Gasteiger partial charge is 0.354 e. The van der Waals surface area contributed by atoms with Crippen molar-refractivity contribution in [2.24, 2.45) is 0 Å². The van der Waals surface area contributed by atoms with Gasteiger partial charge in [0.05, 0.1) is 5.75 Å². The quantitative estimate of drug-likeness (QED) is 0.731. The third-order valence-electron chi connectivity index (χ3n) is 1.79. The van der Waals surface area contributed by atoms with Crippen molar-refractivity contribution in [1.82, 2.24) is 10.6 Å². The van der Waals surface area contributed by atoms with E-state index in [1.165, 1.54) is 0 Å². The Morgan fingerprint density at radius 3 is 2.47 bits per heavy atom. The molecular weight excluding hydrogens is 208 g/mol. The number of amides is 1. The molecule has 0 unspecified atom stereocenters. The zero-order chi connectivity index (χ0) is 11.9. The van der Waals surface area contributed by atoms with Gasteiger partial charge in [-0.15, -0.1) is 11.8 Å². The van der Waals surface area contributed by atoms with Gasteiger partial charge in [0, 0.05) is 17.3 Å². The van der Waals surface area contributed by atoms with E-state index in [2.05, 4.69) is 45.3 Å². The highest BCUT2D eigenvalue weighted by atomic mass is 32.2. The van der Waals surface area contributed by atoms with Gasteiger partial charge in [0.25, 0.3) is 0 Å². The zero-order valence-electron chi connectivity index (χ0n) is 10.5. The predicted molar refractivity (Wildman–Crippen MR) is 68.4 cm³/mol. The van der Waals surface area contributed by atoms with E-state index in [0.717, 1.165) is 6.54 Å². The van der Waals surface area contributed by atoms with Crippen molar-refractivity contribution >= 4 is 17.7 Å². The molecule has 2 N–H and O–H groups in total. The third kappa shape index (κ3) is 10.1. The molecular formula is C11H24N2OS. The fraction of sp³-hybridized carbons (Fsp3) is 0.909. The van der Waals surface area contributed by atoms with E-state index in [4.69, 9.17) is 0 Å². The maximum Gasteiger partial charge on any atom is 0.230 e. The molecule has 0 aromatic rings. The van der Waals surface area contributed by atoms with Crippen molar-refractivity contribution in [3.8, 4) is 0 Å². The number of hydrogen-bond donors (Lipinski definition) is 2. The Labute approximate surface area is 97.8 Å². The van der Waals surface area contributed by atoms with Crippen LogP contribution in [0.1, 0.15) is 34.6 Å². The van der Waals surface area contributed by atoms with E-state index in [-0.39, 0.29) is 10.7 Å². The minimum absolute atomic E-state index is 0.125. The molecule has 0 heterocycles. The lowest BCUT2D eigenvalue weighted by Gasteiger charge is -2.18. The second-order valence-electron chi connectivity index (χ2n) is 4.66. The number of nitrogens with one attached hydrogen (secondary N) is 2. The highest BCUT2D eigenvalue weighted by Gasteiger charge is 2.13. The van der Waals surface area contributed by atoms with Crippen molar-refractivity contribution in [3.05, 3.63) is 0 Å². The van der Waals surface area contributed by atoms with Crippen LogP contribution in [-0.2, 0) is 4.79 Å². The van der Waals surface area contributed by atoms with Crippen LogP contribution in [0.3, 0.4) is 0 Å². The molecule has 90 valence electrons. The van der Waals surface area contributed by atoms with Gasteiger partial charge in [0.15, 0.2) is 0 Å². The number of likely N-dealkylation sites (N-methyl/N-ethyl adjacent to an activating group) is 1. The molecule has 0 spiro atoms. The zero-order valence-corrected chi connectivity index (χ0v) is 11.3. The molecule has 0 fully saturated rings. The topological polar surface area (TPSA) is 41.1 Å². The van der Waals surface area contributed by atoms with Crippen LogP contribution in [-0.4, -0.2) is 35.5 Å². The van der Waals surface area contributed by atoms with Crippen LogP contribution in [0, 0.1) is 0 Å². The van der Waals surface area contributed by atoms with E-state index in [1.54, 1.807) is 11.8 Å². The number of rotatable bonds is 6. The van der Waals surface area contributed by atoms with Crippen LogP contribution in [0.5, 0.6) is 0 Å². The highest BCUT2D eigenvalue weighted by Crippen LogP contribution is 2.22. The second-order valence-corrected chi connectivity index (χ2v) is 6.47. The summed E-state index contributed by atoms with van der Waals surface area (Å²) < 4.78 is 0.157. The van der Waals surface area contributed by atoms with Gasteiger partial charge in [-0.1, -0.05) is 27.7 Å². The van der Waals surface area contributed by atoms with Gasteiger partial charge in [0.2, 0.25) is 5.91 Å². The Kier molecular flexibility index (Phi) is 7.02. The van der Waals surface area contributed by atoms with Gasteiger partial charge in [-0.05, 0) is 13.5 Å². The molecule has 15 heavy (non-hydrogen) atoms. The Morgan fingerprint density at radius 2 is 2.00 bits per heavy atom. The lowest BCUT2D eigenvalue weighted by atomic mass is 10.3. The van der Waals surface area contributed by atoms with E-state index < -0.39 is 0 Å². The number of thioether (sulfide) groups is 1. The summed E-state index contributed by atoms with van der Waals surface area (Å²) in [5.74, 6) is 0.669. The van der Waals surface area contributed by atoms with E-state index in [9.17, 15) is 4.79 Å². The first-order chi connectivity index (χ1) is 6.85. The molecule has 0 saturated carbocycles. The molecule has 0 saturated heterocycles. The van der Waals surface area contributed by atoms with E-state index in [0.29, 0.717) is 18.3 Å². The second kappa shape index (κ2) is 7.12. The molecule has 0 bridgehead atoms. The van der Waals surface area contributed by atoms with Crippen LogP contribution < -0.4 is 10.6 Å². The molecule has 4 heteroatoms. The van der Waals surface area contributed by atoms with Crippen molar-refractivity contribution in [1.29, 1.82) is 0 Å². The number of carbonyl (C=O) groups excluding carboxylic acids is 1. The Morgan fingerprint density at radius 1 is 1.40 bits per heavy atom. The first-order valence-corrected chi connectivity index (χ1v) is 6.47. The first kappa shape index (κ1) is 14.8. The predicted octanol–water partition coefficient (Wildman–Crippen LogP) is 1.63. The monoisotopic (exact) mass is 232 g/mol. The SMILES string of the molecule is CCN[C@H](C)CNC(=O)CSC(C)(C)C. The highest BCUT2D eigenvalue weighted by molar-refractivity contribution is 8.01. The maximum atomic E-state index is 11.4. The summed E-state index contributed by atoms with van der Waals surface area (Å²) in [6.45, 7) is 12.1. The molecule has 0 rings (SSSR count). The van der Waals surface area contributed by atoms with Crippen LogP contribution in [0.25, 0.3) is 0 Å². The summed E-state index contributed by atoms with van der Waals surface area (Å²) in [5.41, 5.74) is 0. The van der Waals surface area contributed by atoms with Crippen molar-refractivity contribution in [3.63, 3.8) is 0 Å². The van der Waals surface area contributed by atoms with Crippen molar-refractivity contribution in [2.45, 2.75) is 45.4 Å². The molecule has 0 radical (unpaired) electrons. The molecule has 0 aliphatic heterocycles. The standard InChI is InChI=1S/C11H24N2OS/c1-6-12-9(2)7-13-10(14)8-15-11(3,4)5/h9,12H,6-8H2,1-5H3,(H,13,14)/t9-/m1/s1. The summed E-state index contributed by atoms with van der Waals surface area (Å²) in [4.78, 5) is 11.4. The normalized spacial score (nSPS) is 13.7. The fourth-order valence-corrected chi connectivity index (χ4v) is 1.69. The van der Waals surface area contributed by atoms with E-state index >= 15 is 0 Å². The van der Waals surface area contributed by atoms with Gasteiger partial charge in [-0.25, -0.2) is 0 Å². The summed E-state index contributed by atoms with van der Waals surface area (Å²) in [6, 6.07) is 0.346. The minimum Gasteiger partial charge on any atom is -0.354 e. The Bertz CT molecular complexity index is 190. The molecule has 3 nitrogen and oxygen atoms in total. The summed E-state index contributed by atoms with van der Waals surface area (Å²) in [6.07, 6.45) is 0. The molecule has 1 atom stereocenters. The lowest BCUT2D eigenvalue weighted by molar-refractivity contribution is -0.118. The third-order valence-corrected chi connectivity index (χ3v) is 3.07. The molecule has 0 aliphatic carbocycles. The first-order valence-electron chi connectivity index (χ1n) is 5.49. The van der Waals surface area contributed by atoms with Gasteiger partial charge in [-0.2, -0.15) is 0 Å². The van der Waals surface area contributed by atoms with Gasteiger partial charge >= 0.3 is 0 Å². The summed E-state index contributed by atoms with van der Waals surface area (Å²) in [5, 5.41) is 6.17. The van der Waals surface area contributed by atoms with Gasteiger partial charge < -0.3 is 10.6 Å². The lowest BCUT2D eigenvalue weighted by Crippen LogP contribution is -2.39. The van der Waals surface area contributed by atoms with Gasteiger partial charge in [0.1, 0.15) is 0 Å². The molecule has 0 aromatic heterocycles.